The zero-order chi connectivity index (χ0) is 42.8. The Morgan fingerprint density at radius 2 is 1.41 bits per heavy atom. The molecule has 5 atom stereocenters. The van der Waals surface area contributed by atoms with Crippen LogP contribution in [0, 0.1) is 23.2 Å². The van der Waals surface area contributed by atoms with Crippen molar-refractivity contribution in [2.75, 3.05) is 34.3 Å². The number of hydrogen-bond donors (Lipinski definition) is 3. The van der Waals surface area contributed by atoms with E-state index in [0.29, 0.717) is 25.3 Å². The Morgan fingerprint density at radius 1 is 0.803 bits per heavy atom. The highest BCUT2D eigenvalue weighted by Crippen LogP contribution is 2.38. The van der Waals surface area contributed by atoms with Crippen LogP contribution in [0.3, 0.4) is 0 Å². The molecule has 2 aromatic heterocycles. The zero-order valence-corrected chi connectivity index (χ0v) is 35.1. The lowest BCUT2D eigenvalue weighted by molar-refractivity contribution is -0.137. The standard InChI is InChI=1S/C48H51N9O4/c1-29(2)42(54-48(60)61-5)46(58)56-21-9-12-40(56)44-50-26-38(52-44)32-15-13-31(14-16-32)34-17-18-36-24-37(20-19-35(36)23-34)39-27-51-45(53-39)41-22-30(25-49)28-57(41)47(59)43(55(3)4)33-10-7-6-8-11-33/h6-8,10-11,13-20,23-24,26-27,29-30,40-43H,9,12,21-22,28H2,1-5H3,(H,50,52)(H,51,53)(H,54,60)/t30-,40+,41+,42+,43?/m1/s1. The number of carbonyl (C=O) groups is 3. The smallest absolute Gasteiger partial charge is 0.407 e. The molecule has 2 aliphatic rings. The summed E-state index contributed by atoms with van der Waals surface area (Å²) in [5.74, 6) is 0.841. The number of nitriles is 1. The number of aromatic amines is 2. The van der Waals surface area contributed by atoms with Crippen LogP contribution in [-0.2, 0) is 14.3 Å². The maximum Gasteiger partial charge on any atom is 0.407 e. The number of carbonyl (C=O) groups excluding carboxylic acids is 3. The minimum Gasteiger partial charge on any atom is -0.453 e. The van der Waals surface area contributed by atoms with Gasteiger partial charge in [0.05, 0.1) is 55.0 Å². The number of imidazole rings is 2. The zero-order valence-electron chi connectivity index (χ0n) is 35.1. The maximum absolute atomic E-state index is 14.1. The quantitative estimate of drug-likeness (QED) is 0.118. The highest BCUT2D eigenvalue weighted by molar-refractivity contribution is 5.91. The van der Waals surface area contributed by atoms with E-state index in [9.17, 15) is 19.6 Å². The van der Waals surface area contributed by atoms with Crippen LogP contribution in [0.4, 0.5) is 4.79 Å². The summed E-state index contributed by atoms with van der Waals surface area (Å²) in [6.45, 7) is 4.77. The monoisotopic (exact) mass is 817 g/mol. The first-order valence-electron chi connectivity index (χ1n) is 20.8. The van der Waals surface area contributed by atoms with E-state index in [2.05, 4.69) is 82.0 Å². The second-order valence-electron chi connectivity index (χ2n) is 16.6. The van der Waals surface area contributed by atoms with Gasteiger partial charge in [0.2, 0.25) is 11.8 Å². The van der Waals surface area contributed by atoms with Crippen LogP contribution in [0.15, 0.2) is 103 Å². The van der Waals surface area contributed by atoms with Crippen molar-refractivity contribution in [3.8, 4) is 39.7 Å². The fourth-order valence-corrected chi connectivity index (χ4v) is 8.82. The van der Waals surface area contributed by atoms with Gasteiger partial charge in [-0.1, -0.05) is 92.7 Å². The Labute approximate surface area is 355 Å². The first-order chi connectivity index (χ1) is 29.5. The molecule has 4 heterocycles. The number of fused-ring (bicyclic) bond motifs is 1. The van der Waals surface area contributed by atoms with Crippen LogP contribution in [0.5, 0.6) is 0 Å². The molecule has 2 saturated heterocycles. The van der Waals surface area contributed by atoms with Crippen molar-refractivity contribution in [2.24, 2.45) is 11.8 Å². The van der Waals surface area contributed by atoms with Gasteiger partial charge in [-0.25, -0.2) is 14.8 Å². The summed E-state index contributed by atoms with van der Waals surface area (Å²) >= 11 is 0. The third-order valence-electron chi connectivity index (χ3n) is 12.1. The van der Waals surface area contributed by atoms with Gasteiger partial charge in [0, 0.05) is 18.7 Å². The topological polar surface area (TPSA) is 163 Å². The minimum atomic E-state index is -0.688. The Kier molecular flexibility index (Phi) is 11.7. The van der Waals surface area contributed by atoms with E-state index >= 15 is 0 Å². The number of benzene rings is 4. The number of rotatable bonds is 11. The number of alkyl carbamates (subject to hydrolysis) is 1. The van der Waals surface area contributed by atoms with Crippen molar-refractivity contribution in [3.63, 3.8) is 0 Å². The summed E-state index contributed by atoms with van der Waals surface area (Å²) in [7, 11) is 5.10. The lowest BCUT2D eigenvalue weighted by Gasteiger charge is -2.31. The van der Waals surface area contributed by atoms with Crippen molar-refractivity contribution in [3.05, 3.63) is 121 Å². The predicted octanol–water partition coefficient (Wildman–Crippen LogP) is 8.05. The predicted molar refractivity (Wildman–Crippen MR) is 233 cm³/mol. The number of H-pyrrole nitrogens is 2. The molecule has 13 heteroatoms. The third kappa shape index (κ3) is 8.36. The summed E-state index contributed by atoms with van der Waals surface area (Å²) in [5, 5.41) is 14.8. The van der Waals surface area contributed by atoms with Gasteiger partial charge in [-0.3, -0.25) is 14.5 Å². The van der Waals surface area contributed by atoms with Crippen molar-refractivity contribution >= 4 is 28.7 Å². The number of amides is 3. The first kappa shape index (κ1) is 41.0. The van der Waals surface area contributed by atoms with E-state index in [1.165, 1.54) is 7.11 Å². The Morgan fingerprint density at radius 3 is 2.05 bits per heavy atom. The Bertz CT molecular complexity index is 2580. The number of methoxy groups -OCH3 is 1. The number of nitrogens with zero attached hydrogens (tertiary/aromatic N) is 6. The molecule has 312 valence electrons. The summed E-state index contributed by atoms with van der Waals surface area (Å²) in [5.41, 5.74) is 6.75. The first-order valence-corrected chi connectivity index (χ1v) is 20.8. The fourth-order valence-electron chi connectivity index (χ4n) is 8.82. The third-order valence-corrected chi connectivity index (χ3v) is 12.1. The molecule has 0 bridgehead atoms. The van der Waals surface area contributed by atoms with E-state index in [1.54, 1.807) is 0 Å². The molecule has 0 aliphatic carbocycles. The van der Waals surface area contributed by atoms with E-state index in [4.69, 9.17) is 14.7 Å². The molecule has 8 rings (SSSR count). The molecule has 13 nitrogen and oxygen atoms in total. The van der Waals surface area contributed by atoms with Crippen LogP contribution in [-0.4, -0.2) is 92.9 Å². The van der Waals surface area contributed by atoms with Gasteiger partial charge in [0.1, 0.15) is 23.7 Å². The summed E-state index contributed by atoms with van der Waals surface area (Å²) in [6, 6.07) is 31.5. The molecular weight excluding hydrogens is 767 g/mol. The van der Waals surface area contributed by atoms with Gasteiger partial charge in [-0.15, -0.1) is 0 Å². The summed E-state index contributed by atoms with van der Waals surface area (Å²) < 4.78 is 4.77. The van der Waals surface area contributed by atoms with Crippen LogP contribution in [0.1, 0.15) is 68.4 Å². The van der Waals surface area contributed by atoms with Gasteiger partial charge in [-0.2, -0.15) is 5.26 Å². The molecule has 2 fully saturated rings. The number of hydrogen-bond acceptors (Lipinski definition) is 8. The largest absolute Gasteiger partial charge is 0.453 e. The van der Waals surface area contributed by atoms with Gasteiger partial charge in [0.15, 0.2) is 0 Å². The van der Waals surface area contributed by atoms with Crippen molar-refractivity contribution in [1.82, 2.24) is 40.0 Å². The SMILES string of the molecule is COC(=O)N[C@H](C(=O)N1CCC[C@H]1c1ncc(-c2ccc(-c3ccc4cc(-c5cnc([C@@H]6C[C@H](C#N)CN6C(=O)C(c6ccccc6)N(C)C)[nH]5)ccc4c3)cc2)[nH]1)C(C)C. The fraction of sp³-hybridized carbons (Fsp3) is 0.333. The average molecular weight is 818 g/mol. The van der Waals surface area contributed by atoms with Gasteiger partial charge >= 0.3 is 6.09 Å². The second kappa shape index (κ2) is 17.4. The minimum absolute atomic E-state index is 0.0441. The molecule has 2 aliphatic heterocycles. The Balaban J connectivity index is 0.959. The van der Waals surface area contributed by atoms with Crippen LogP contribution in [0.25, 0.3) is 44.4 Å². The normalized spacial score (nSPS) is 18.7. The van der Waals surface area contributed by atoms with Gasteiger partial charge in [0.25, 0.3) is 0 Å². The molecule has 3 amide bonds. The van der Waals surface area contributed by atoms with Crippen LogP contribution >= 0.6 is 0 Å². The van der Waals surface area contributed by atoms with Gasteiger partial charge < -0.3 is 29.8 Å². The van der Waals surface area contributed by atoms with Gasteiger partial charge in [-0.05, 0) is 84.4 Å². The molecule has 0 spiro atoms. The molecular formula is C48H51N9O4. The van der Waals surface area contributed by atoms with Crippen molar-refractivity contribution in [1.29, 1.82) is 5.26 Å². The molecule has 0 radical (unpaired) electrons. The highest BCUT2D eigenvalue weighted by atomic mass is 16.5. The van der Waals surface area contributed by atoms with Crippen LogP contribution < -0.4 is 5.32 Å². The van der Waals surface area contributed by atoms with E-state index in [0.717, 1.165) is 68.6 Å². The maximum atomic E-state index is 14.1. The highest BCUT2D eigenvalue weighted by Gasteiger charge is 2.41. The second-order valence-corrected chi connectivity index (χ2v) is 16.6. The number of ether oxygens (including phenoxy) is 1. The number of nitrogens with one attached hydrogen (secondary N) is 3. The molecule has 1 unspecified atom stereocenters. The molecule has 4 aromatic carbocycles. The summed E-state index contributed by atoms with van der Waals surface area (Å²) in [6.07, 6.45) is 5.16. The molecule has 61 heavy (non-hydrogen) atoms. The molecule has 3 N–H and O–H groups in total. The van der Waals surface area contributed by atoms with E-state index in [1.807, 2.05) is 85.4 Å². The number of aromatic nitrogens is 4. The Hall–Kier alpha value is -6.78. The molecule has 6 aromatic rings. The summed E-state index contributed by atoms with van der Waals surface area (Å²) in [4.78, 5) is 61.6. The van der Waals surface area contributed by atoms with Crippen LogP contribution in [0.2, 0.25) is 0 Å². The van der Waals surface area contributed by atoms with E-state index < -0.39 is 18.2 Å². The number of likely N-dealkylation sites (tertiary alicyclic amines) is 2. The lowest BCUT2D eigenvalue weighted by Crippen LogP contribution is -2.51. The van der Waals surface area contributed by atoms with Crippen molar-refractivity contribution in [2.45, 2.75) is 57.3 Å². The lowest BCUT2D eigenvalue weighted by atomic mass is 9.98. The number of likely N-dealkylation sites (N-methyl/N-ethyl adjacent to an activating group) is 1. The molecule has 0 saturated carbocycles. The van der Waals surface area contributed by atoms with Crippen molar-refractivity contribution < 1.29 is 19.1 Å². The average Bonchev–Trinajstić information content (AvgIpc) is 4.12. The van der Waals surface area contributed by atoms with E-state index in [-0.39, 0.29) is 35.7 Å².